The molecule has 0 amide bonds. The quantitative estimate of drug-likeness (QED) is 0.831. The topological polar surface area (TPSA) is 47.0 Å². The first-order valence-electron chi connectivity index (χ1n) is 8.96. The van der Waals surface area contributed by atoms with Gasteiger partial charge in [-0.15, -0.1) is 0 Å². The molecule has 0 aromatic heterocycles. The van der Waals surface area contributed by atoms with Crippen molar-refractivity contribution in [3.8, 4) is 0 Å². The molecule has 1 aromatic rings. The number of aliphatic carboxylic acids is 1. The second-order valence-corrected chi connectivity index (χ2v) is 6.82. The number of carboxylic acid groups (broad SMARTS) is 1. The Kier molecular flexibility index (Phi) is 6.63. The summed E-state index contributed by atoms with van der Waals surface area (Å²) in [5, 5.41) is 9.82. The maximum absolute atomic E-state index is 12.0. The summed E-state index contributed by atoms with van der Waals surface area (Å²) in [5.74, 6) is -0.758. The molecule has 0 saturated carbocycles. The smallest absolute Gasteiger partial charge is 0.325 e. The van der Waals surface area contributed by atoms with Crippen LogP contribution in [0.5, 0.6) is 0 Å². The van der Waals surface area contributed by atoms with E-state index in [2.05, 4.69) is 23.6 Å². The molecule has 2 atom stereocenters. The molecule has 0 radical (unpaired) electrons. The van der Waals surface area contributed by atoms with Crippen molar-refractivity contribution in [1.29, 1.82) is 0 Å². The van der Waals surface area contributed by atoms with Gasteiger partial charge < -0.3 is 10.0 Å². The molecular formula is C19H31N3O2. The minimum absolute atomic E-state index is 0.446. The molecule has 1 N–H and O–H groups in total. The lowest BCUT2D eigenvalue weighted by atomic mass is 10.0. The fourth-order valence-electron chi connectivity index (χ4n) is 3.58. The molecule has 2 rings (SSSR count). The molecule has 5 nitrogen and oxygen atoms in total. The molecule has 1 saturated heterocycles. The van der Waals surface area contributed by atoms with Crippen molar-refractivity contribution in [3.63, 3.8) is 0 Å². The Labute approximate surface area is 145 Å². The van der Waals surface area contributed by atoms with Gasteiger partial charge in [-0.05, 0) is 37.1 Å². The Morgan fingerprint density at radius 2 is 1.92 bits per heavy atom. The summed E-state index contributed by atoms with van der Waals surface area (Å²) >= 11 is 0. The fraction of sp³-hybridized carbons (Fsp3) is 0.632. The van der Waals surface area contributed by atoms with Gasteiger partial charge in [0.15, 0.2) is 0 Å². The summed E-state index contributed by atoms with van der Waals surface area (Å²) in [7, 11) is 3.98. The molecule has 1 aromatic carbocycles. The van der Waals surface area contributed by atoms with E-state index in [0.29, 0.717) is 6.04 Å². The minimum atomic E-state index is -0.758. The van der Waals surface area contributed by atoms with E-state index in [4.69, 9.17) is 0 Å². The van der Waals surface area contributed by atoms with Gasteiger partial charge in [0.1, 0.15) is 6.04 Å². The Hall–Kier alpha value is -1.59. The van der Waals surface area contributed by atoms with E-state index < -0.39 is 12.0 Å². The molecule has 134 valence electrons. The first-order chi connectivity index (χ1) is 11.5. The van der Waals surface area contributed by atoms with Gasteiger partial charge in [0.25, 0.3) is 0 Å². The van der Waals surface area contributed by atoms with Crippen molar-refractivity contribution >= 4 is 11.7 Å². The van der Waals surface area contributed by atoms with Crippen LogP contribution in [0.4, 0.5) is 5.69 Å². The molecule has 0 aliphatic carbocycles. The van der Waals surface area contributed by atoms with E-state index in [-0.39, 0.29) is 0 Å². The molecule has 24 heavy (non-hydrogen) atoms. The number of piperazine rings is 1. The van der Waals surface area contributed by atoms with Gasteiger partial charge >= 0.3 is 5.97 Å². The summed E-state index contributed by atoms with van der Waals surface area (Å²) in [5.41, 5.74) is 1.95. The van der Waals surface area contributed by atoms with Crippen molar-refractivity contribution in [3.05, 3.63) is 29.8 Å². The van der Waals surface area contributed by atoms with E-state index in [1.165, 1.54) is 0 Å². The Morgan fingerprint density at radius 1 is 1.25 bits per heavy atom. The SMILES string of the molecule is CCCN1CCN(C(C(=O)O)c2ccc(N(C)C)cc2)CC1CC. The number of hydrogen-bond donors (Lipinski definition) is 1. The van der Waals surface area contributed by atoms with Crippen LogP contribution in [0.2, 0.25) is 0 Å². The number of carbonyl (C=O) groups is 1. The first kappa shape index (κ1) is 18.7. The van der Waals surface area contributed by atoms with Crippen LogP contribution in [0.25, 0.3) is 0 Å². The summed E-state index contributed by atoms with van der Waals surface area (Å²) in [6.45, 7) is 8.07. The number of hydrogen-bond acceptors (Lipinski definition) is 4. The molecule has 2 unspecified atom stereocenters. The van der Waals surface area contributed by atoms with E-state index in [1.54, 1.807) is 0 Å². The second-order valence-electron chi connectivity index (χ2n) is 6.82. The lowest BCUT2D eigenvalue weighted by Crippen LogP contribution is -2.54. The van der Waals surface area contributed by atoms with Crippen LogP contribution in [0, 0.1) is 0 Å². The van der Waals surface area contributed by atoms with Crippen molar-refractivity contribution in [2.24, 2.45) is 0 Å². The molecular weight excluding hydrogens is 302 g/mol. The number of rotatable bonds is 7. The van der Waals surface area contributed by atoms with Crippen molar-refractivity contribution < 1.29 is 9.90 Å². The lowest BCUT2D eigenvalue weighted by molar-refractivity contribution is -0.145. The van der Waals surface area contributed by atoms with Gasteiger partial charge in [-0.1, -0.05) is 26.0 Å². The monoisotopic (exact) mass is 333 g/mol. The van der Waals surface area contributed by atoms with Gasteiger partial charge in [0.05, 0.1) is 0 Å². The zero-order valence-electron chi connectivity index (χ0n) is 15.4. The van der Waals surface area contributed by atoms with Crippen LogP contribution in [0.3, 0.4) is 0 Å². The van der Waals surface area contributed by atoms with Crippen molar-refractivity contribution in [2.45, 2.75) is 38.8 Å². The normalized spacial score (nSPS) is 20.8. The number of carboxylic acids is 1. The average Bonchev–Trinajstić information content (AvgIpc) is 2.56. The maximum Gasteiger partial charge on any atom is 0.325 e. The van der Waals surface area contributed by atoms with Crippen LogP contribution in [0.15, 0.2) is 24.3 Å². The molecule has 1 fully saturated rings. The highest BCUT2D eigenvalue weighted by molar-refractivity contribution is 5.76. The van der Waals surface area contributed by atoms with Crippen molar-refractivity contribution in [2.75, 3.05) is 45.2 Å². The predicted molar refractivity (Wildman–Crippen MR) is 98.7 cm³/mol. The van der Waals surface area contributed by atoms with Crippen LogP contribution in [0.1, 0.15) is 38.3 Å². The molecule has 5 heteroatoms. The summed E-state index contributed by atoms with van der Waals surface area (Å²) in [4.78, 5) is 18.6. The summed E-state index contributed by atoms with van der Waals surface area (Å²) in [6, 6.07) is 7.79. The van der Waals surface area contributed by atoms with Crippen LogP contribution in [-0.4, -0.2) is 67.2 Å². The van der Waals surface area contributed by atoms with Crippen molar-refractivity contribution in [1.82, 2.24) is 9.80 Å². The van der Waals surface area contributed by atoms with Gasteiger partial charge in [-0.2, -0.15) is 0 Å². The first-order valence-corrected chi connectivity index (χ1v) is 8.96. The van der Waals surface area contributed by atoms with Gasteiger partial charge in [0, 0.05) is 45.5 Å². The molecule has 0 spiro atoms. The zero-order valence-corrected chi connectivity index (χ0v) is 15.4. The number of anilines is 1. The van der Waals surface area contributed by atoms with Gasteiger partial charge in [-0.25, -0.2) is 0 Å². The van der Waals surface area contributed by atoms with E-state index >= 15 is 0 Å². The van der Waals surface area contributed by atoms with Gasteiger partial charge in [-0.3, -0.25) is 14.6 Å². The highest BCUT2D eigenvalue weighted by Crippen LogP contribution is 2.27. The third-order valence-electron chi connectivity index (χ3n) is 4.94. The predicted octanol–water partition coefficient (Wildman–Crippen LogP) is 2.68. The zero-order chi connectivity index (χ0) is 17.7. The second kappa shape index (κ2) is 8.49. The number of benzene rings is 1. The Bertz CT molecular complexity index is 530. The minimum Gasteiger partial charge on any atom is -0.480 e. The van der Waals surface area contributed by atoms with Crippen LogP contribution in [-0.2, 0) is 4.79 Å². The fourth-order valence-corrected chi connectivity index (χ4v) is 3.58. The largest absolute Gasteiger partial charge is 0.480 e. The maximum atomic E-state index is 12.0. The highest BCUT2D eigenvalue weighted by atomic mass is 16.4. The summed E-state index contributed by atoms with van der Waals surface area (Å²) in [6.07, 6.45) is 2.20. The molecule has 0 bridgehead atoms. The third-order valence-corrected chi connectivity index (χ3v) is 4.94. The van der Waals surface area contributed by atoms with E-state index in [9.17, 15) is 9.90 Å². The van der Waals surface area contributed by atoms with Crippen LogP contribution >= 0.6 is 0 Å². The number of nitrogens with zero attached hydrogens (tertiary/aromatic N) is 3. The summed E-state index contributed by atoms with van der Waals surface area (Å²) < 4.78 is 0. The molecule has 1 aliphatic heterocycles. The standard InChI is InChI=1S/C19H31N3O2/c1-5-11-21-12-13-22(14-16(21)6-2)18(19(23)24)15-7-9-17(10-8-15)20(3)4/h7-10,16,18H,5-6,11-14H2,1-4H3,(H,23,24). The highest BCUT2D eigenvalue weighted by Gasteiger charge is 2.33. The lowest BCUT2D eigenvalue weighted by Gasteiger charge is -2.43. The Balaban J connectivity index is 2.17. The van der Waals surface area contributed by atoms with E-state index in [1.807, 2.05) is 43.3 Å². The Morgan fingerprint density at radius 3 is 2.42 bits per heavy atom. The van der Waals surface area contributed by atoms with Gasteiger partial charge in [0.2, 0.25) is 0 Å². The van der Waals surface area contributed by atoms with Crippen LogP contribution < -0.4 is 4.90 Å². The third kappa shape index (κ3) is 4.28. The van der Waals surface area contributed by atoms with E-state index in [0.717, 1.165) is 50.3 Å². The molecule has 1 heterocycles. The average molecular weight is 333 g/mol. The molecule has 1 aliphatic rings.